The topological polar surface area (TPSA) is 38.9 Å². The monoisotopic (exact) mass is 390 g/mol. The van der Waals surface area contributed by atoms with Gasteiger partial charge in [-0.3, -0.25) is 4.98 Å². The molecule has 0 spiro atoms. The molecular formula is C26H31FN2. The standard InChI is InChI=1S/C26H31FN2/c1-19-15-20(2)17-24(16-19)26-23(8-6-14-29-26)18-22(7-4-3-5-13-28)21-9-11-25(27)12-10-21/h6,8-12,14-17,22H,3-5,7,13,18,28H2,1-2H3. The highest BCUT2D eigenvalue weighted by molar-refractivity contribution is 5.65. The molecule has 0 amide bonds. The van der Waals surface area contributed by atoms with Crippen LogP contribution in [0.2, 0.25) is 0 Å². The number of aryl methyl sites for hydroxylation is 2. The summed E-state index contributed by atoms with van der Waals surface area (Å²) in [5.74, 6) is 0.148. The lowest BCUT2D eigenvalue weighted by atomic mass is 9.86. The molecule has 0 aliphatic heterocycles. The smallest absolute Gasteiger partial charge is 0.123 e. The first-order valence-electron chi connectivity index (χ1n) is 10.5. The second-order valence-electron chi connectivity index (χ2n) is 7.98. The highest BCUT2D eigenvalue weighted by atomic mass is 19.1. The van der Waals surface area contributed by atoms with Crippen molar-refractivity contribution in [2.75, 3.05) is 6.54 Å². The largest absolute Gasteiger partial charge is 0.330 e. The maximum atomic E-state index is 13.5. The van der Waals surface area contributed by atoms with E-state index < -0.39 is 0 Å². The average molecular weight is 391 g/mol. The summed E-state index contributed by atoms with van der Waals surface area (Å²) in [6.07, 6.45) is 7.13. The molecule has 3 rings (SSSR count). The van der Waals surface area contributed by atoms with E-state index in [0.717, 1.165) is 44.3 Å². The van der Waals surface area contributed by atoms with Crippen LogP contribution >= 0.6 is 0 Å². The first-order chi connectivity index (χ1) is 14.1. The molecule has 0 aliphatic carbocycles. The summed E-state index contributed by atoms with van der Waals surface area (Å²) < 4.78 is 13.5. The summed E-state index contributed by atoms with van der Waals surface area (Å²) in [4.78, 5) is 4.73. The van der Waals surface area contributed by atoms with Gasteiger partial charge in [0.25, 0.3) is 0 Å². The molecule has 3 aromatic rings. The van der Waals surface area contributed by atoms with Crippen molar-refractivity contribution >= 4 is 0 Å². The summed E-state index contributed by atoms with van der Waals surface area (Å²) >= 11 is 0. The van der Waals surface area contributed by atoms with Crippen molar-refractivity contribution in [3.63, 3.8) is 0 Å². The van der Waals surface area contributed by atoms with Gasteiger partial charge in [0, 0.05) is 11.8 Å². The fourth-order valence-corrected chi connectivity index (χ4v) is 4.07. The van der Waals surface area contributed by atoms with Gasteiger partial charge in [0.1, 0.15) is 5.82 Å². The molecule has 2 aromatic carbocycles. The van der Waals surface area contributed by atoms with Crippen molar-refractivity contribution in [3.05, 3.63) is 88.9 Å². The molecule has 2 N–H and O–H groups in total. The number of hydrogen-bond donors (Lipinski definition) is 1. The van der Waals surface area contributed by atoms with Crippen LogP contribution in [-0.2, 0) is 6.42 Å². The number of hydrogen-bond acceptors (Lipinski definition) is 2. The van der Waals surface area contributed by atoms with E-state index in [1.165, 1.54) is 27.8 Å². The van der Waals surface area contributed by atoms with Gasteiger partial charge < -0.3 is 5.73 Å². The van der Waals surface area contributed by atoms with Crippen molar-refractivity contribution in [2.45, 2.75) is 51.9 Å². The minimum Gasteiger partial charge on any atom is -0.330 e. The number of unbranched alkanes of at least 4 members (excludes halogenated alkanes) is 2. The number of nitrogens with two attached hydrogens (primary N) is 1. The third-order valence-electron chi connectivity index (χ3n) is 5.45. The number of nitrogens with zero attached hydrogens (tertiary/aromatic N) is 1. The van der Waals surface area contributed by atoms with E-state index in [4.69, 9.17) is 10.7 Å². The predicted octanol–water partition coefficient (Wildman–Crippen LogP) is 6.35. The highest BCUT2D eigenvalue weighted by Crippen LogP contribution is 2.31. The molecule has 0 radical (unpaired) electrons. The van der Waals surface area contributed by atoms with Crippen LogP contribution in [0.3, 0.4) is 0 Å². The zero-order valence-corrected chi connectivity index (χ0v) is 17.5. The Hall–Kier alpha value is -2.52. The first kappa shape index (κ1) is 21.2. The maximum absolute atomic E-state index is 13.5. The van der Waals surface area contributed by atoms with Crippen LogP contribution in [0, 0.1) is 19.7 Å². The van der Waals surface area contributed by atoms with Crippen LogP contribution in [0.1, 0.15) is 53.9 Å². The molecule has 0 saturated carbocycles. The zero-order valence-electron chi connectivity index (χ0n) is 17.5. The van der Waals surface area contributed by atoms with E-state index >= 15 is 0 Å². The van der Waals surface area contributed by atoms with Gasteiger partial charge in [-0.25, -0.2) is 4.39 Å². The fraction of sp³-hybridized carbons (Fsp3) is 0.346. The predicted molar refractivity (Wildman–Crippen MR) is 120 cm³/mol. The molecule has 1 heterocycles. The molecule has 2 nitrogen and oxygen atoms in total. The van der Waals surface area contributed by atoms with Crippen molar-refractivity contribution in [1.29, 1.82) is 0 Å². The average Bonchev–Trinajstić information content (AvgIpc) is 2.70. The van der Waals surface area contributed by atoms with E-state index in [1.807, 2.05) is 24.4 Å². The minimum atomic E-state index is -0.187. The van der Waals surface area contributed by atoms with Crippen molar-refractivity contribution < 1.29 is 4.39 Å². The van der Waals surface area contributed by atoms with Crippen molar-refractivity contribution in [1.82, 2.24) is 4.98 Å². The second-order valence-corrected chi connectivity index (χ2v) is 7.98. The molecule has 0 bridgehead atoms. The maximum Gasteiger partial charge on any atom is 0.123 e. The Bertz CT molecular complexity index is 898. The lowest BCUT2D eigenvalue weighted by Crippen LogP contribution is -2.06. The molecule has 1 atom stereocenters. The number of aromatic nitrogens is 1. The first-order valence-corrected chi connectivity index (χ1v) is 10.5. The quantitative estimate of drug-likeness (QED) is 0.432. The SMILES string of the molecule is Cc1cc(C)cc(-c2ncccc2CC(CCCCCN)c2ccc(F)cc2)c1. The van der Waals surface area contributed by atoms with Gasteiger partial charge in [0.05, 0.1) is 5.69 Å². The Morgan fingerprint density at radius 3 is 2.34 bits per heavy atom. The third-order valence-corrected chi connectivity index (χ3v) is 5.45. The number of benzene rings is 2. The lowest BCUT2D eigenvalue weighted by Gasteiger charge is -2.20. The van der Waals surface area contributed by atoms with Crippen LogP contribution in [0.5, 0.6) is 0 Å². The molecule has 0 saturated heterocycles. The van der Waals surface area contributed by atoms with Crippen LogP contribution < -0.4 is 5.73 Å². The molecule has 1 aromatic heterocycles. The minimum absolute atomic E-state index is 0.187. The van der Waals surface area contributed by atoms with Crippen molar-refractivity contribution in [2.24, 2.45) is 5.73 Å². The van der Waals surface area contributed by atoms with Crippen LogP contribution in [-0.4, -0.2) is 11.5 Å². The Kier molecular flexibility index (Phi) is 7.54. The summed E-state index contributed by atoms with van der Waals surface area (Å²) in [7, 11) is 0. The number of halogens is 1. The molecule has 152 valence electrons. The summed E-state index contributed by atoms with van der Waals surface area (Å²) in [5, 5.41) is 0. The Morgan fingerprint density at radius 1 is 0.931 bits per heavy atom. The highest BCUT2D eigenvalue weighted by Gasteiger charge is 2.16. The van der Waals surface area contributed by atoms with Gasteiger partial charge in [-0.2, -0.15) is 0 Å². The summed E-state index contributed by atoms with van der Waals surface area (Å²) in [5.41, 5.74) is 12.8. The van der Waals surface area contributed by atoms with Gasteiger partial charge in [0.2, 0.25) is 0 Å². The molecule has 0 fully saturated rings. The van der Waals surface area contributed by atoms with Gasteiger partial charge in [-0.1, -0.05) is 48.2 Å². The van der Waals surface area contributed by atoms with E-state index in [1.54, 1.807) is 12.1 Å². The van der Waals surface area contributed by atoms with Gasteiger partial charge in [0.15, 0.2) is 0 Å². The molecular weight excluding hydrogens is 359 g/mol. The van der Waals surface area contributed by atoms with E-state index in [2.05, 4.69) is 38.1 Å². The molecule has 29 heavy (non-hydrogen) atoms. The van der Waals surface area contributed by atoms with E-state index in [-0.39, 0.29) is 5.82 Å². The molecule has 3 heteroatoms. The molecule has 1 unspecified atom stereocenters. The van der Waals surface area contributed by atoms with E-state index in [9.17, 15) is 4.39 Å². The Balaban J connectivity index is 1.89. The van der Waals surface area contributed by atoms with Gasteiger partial charge in [-0.15, -0.1) is 0 Å². The zero-order chi connectivity index (χ0) is 20.6. The summed E-state index contributed by atoms with van der Waals surface area (Å²) in [6, 6.07) is 17.8. The Labute approximate surface area is 174 Å². The normalized spacial score (nSPS) is 12.1. The van der Waals surface area contributed by atoms with E-state index in [0.29, 0.717) is 5.92 Å². The second kappa shape index (κ2) is 10.3. The molecule has 0 aliphatic rings. The van der Waals surface area contributed by atoms with Crippen LogP contribution in [0.15, 0.2) is 60.8 Å². The number of pyridine rings is 1. The Morgan fingerprint density at radius 2 is 1.66 bits per heavy atom. The summed E-state index contributed by atoms with van der Waals surface area (Å²) in [6.45, 7) is 4.98. The lowest BCUT2D eigenvalue weighted by molar-refractivity contribution is 0.554. The van der Waals surface area contributed by atoms with Crippen molar-refractivity contribution in [3.8, 4) is 11.3 Å². The fourth-order valence-electron chi connectivity index (χ4n) is 4.07. The van der Waals surface area contributed by atoms with Gasteiger partial charge in [-0.05, 0) is 87.0 Å². The third kappa shape index (κ3) is 5.98. The number of rotatable bonds is 9. The van der Waals surface area contributed by atoms with Crippen LogP contribution in [0.25, 0.3) is 11.3 Å². The van der Waals surface area contributed by atoms with Crippen LogP contribution in [0.4, 0.5) is 4.39 Å². The van der Waals surface area contributed by atoms with Gasteiger partial charge >= 0.3 is 0 Å².